The molecule has 0 radical (unpaired) electrons. The molecule has 1 fully saturated rings. The number of aliphatic imine (C=N–C) groups is 1. The Morgan fingerprint density at radius 3 is 2.17 bits per heavy atom. The zero-order valence-electron chi connectivity index (χ0n) is 22.6. The number of nitrogens with one attached hydrogen (secondary N) is 1. The van der Waals surface area contributed by atoms with Crippen LogP contribution in [0.2, 0.25) is 18.1 Å². The van der Waals surface area contributed by atoms with E-state index in [4.69, 9.17) is 14.2 Å². The summed E-state index contributed by atoms with van der Waals surface area (Å²) < 4.78 is 42.2. The number of rotatable bonds is 7. The van der Waals surface area contributed by atoms with Gasteiger partial charge in [-0.1, -0.05) is 79.2 Å². The Morgan fingerprint density at radius 2 is 1.64 bits per heavy atom. The second-order valence-electron chi connectivity index (χ2n) is 11.5. The third-order valence-corrected chi connectivity index (χ3v) is 15.1. The molecule has 1 N–H and O–H groups in total. The lowest BCUT2D eigenvalue weighted by Gasteiger charge is -2.47. The van der Waals surface area contributed by atoms with Crippen LogP contribution >= 0.6 is 15.9 Å². The third-order valence-electron chi connectivity index (χ3n) is 7.77. The van der Waals surface area contributed by atoms with Gasteiger partial charge >= 0.3 is 0 Å². The van der Waals surface area contributed by atoms with Gasteiger partial charge in [-0.3, -0.25) is 0 Å². The van der Waals surface area contributed by atoms with Crippen LogP contribution in [0, 0.1) is 0 Å². The van der Waals surface area contributed by atoms with E-state index in [-0.39, 0.29) is 17.1 Å². The zero-order chi connectivity index (χ0) is 27.0. The largest absolute Gasteiger partial charge is 0.456 e. The van der Waals surface area contributed by atoms with Gasteiger partial charge < -0.3 is 9.16 Å². The van der Waals surface area contributed by atoms with Crippen molar-refractivity contribution >= 4 is 40.3 Å². The van der Waals surface area contributed by atoms with E-state index < -0.39 is 28.7 Å². The van der Waals surface area contributed by atoms with Crippen LogP contribution in [0.4, 0.5) is 0 Å². The van der Waals surface area contributed by atoms with Gasteiger partial charge in [0.1, 0.15) is 5.60 Å². The van der Waals surface area contributed by atoms with E-state index in [1.54, 1.807) is 20.8 Å². The van der Waals surface area contributed by atoms with Crippen LogP contribution in [-0.2, 0) is 23.9 Å². The van der Waals surface area contributed by atoms with Crippen molar-refractivity contribution in [1.82, 2.24) is 4.72 Å². The fourth-order valence-corrected chi connectivity index (χ4v) is 6.98. The molecule has 1 unspecified atom stereocenters. The van der Waals surface area contributed by atoms with Crippen molar-refractivity contribution in [3.05, 3.63) is 70.2 Å². The summed E-state index contributed by atoms with van der Waals surface area (Å²) in [6, 6.07) is 16.8. The van der Waals surface area contributed by atoms with Crippen molar-refractivity contribution in [2.45, 2.75) is 82.5 Å². The summed E-state index contributed by atoms with van der Waals surface area (Å²) in [6.45, 7) is 16.9. The van der Waals surface area contributed by atoms with Gasteiger partial charge in [0.2, 0.25) is 10.0 Å². The number of amidine groups is 1. The molecule has 0 bridgehead atoms. The monoisotopic (exact) mass is 594 g/mol. The van der Waals surface area contributed by atoms with Crippen LogP contribution in [0.1, 0.15) is 65.1 Å². The summed E-state index contributed by atoms with van der Waals surface area (Å²) >= 11 is 3.42. The smallest absolute Gasteiger partial charge is 0.299 e. The minimum Gasteiger partial charge on any atom is -0.456 e. The molecular weight excluding hydrogens is 556 g/mol. The van der Waals surface area contributed by atoms with Crippen molar-refractivity contribution in [1.29, 1.82) is 0 Å². The first-order valence-corrected chi connectivity index (χ1v) is 17.4. The highest BCUT2D eigenvalue weighted by Gasteiger charge is 2.59. The minimum absolute atomic E-state index is 0.00997. The van der Waals surface area contributed by atoms with E-state index >= 15 is 0 Å². The number of benzene rings is 2. The van der Waals surface area contributed by atoms with Gasteiger partial charge in [0.15, 0.2) is 13.1 Å². The summed E-state index contributed by atoms with van der Waals surface area (Å²) in [6.07, 6.45) is 0.607. The van der Waals surface area contributed by atoms with Gasteiger partial charge in [0.25, 0.3) is 6.02 Å². The molecule has 3 rings (SSSR count). The van der Waals surface area contributed by atoms with Crippen molar-refractivity contribution in [3.63, 3.8) is 0 Å². The maximum absolute atomic E-state index is 13.7. The van der Waals surface area contributed by atoms with Crippen LogP contribution in [0.3, 0.4) is 0 Å². The van der Waals surface area contributed by atoms with Gasteiger partial charge in [-0.25, -0.2) is 18.1 Å². The minimum atomic E-state index is -3.88. The number of hydrogen-bond acceptors (Lipinski definition) is 5. The third kappa shape index (κ3) is 5.74. The molecule has 198 valence electrons. The first-order valence-electron chi connectivity index (χ1n) is 12.2. The fraction of sp³-hybridized carbons (Fsp3) is 0.519. The molecule has 1 aliphatic rings. The van der Waals surface area contributed by atoms with Crippen LogP contribution in [0.15, 0.2) is 64.1 Å². The van der Waals surface area contributed by atoms with Crippen LogP contribution in [0.25, 0.3) is 0 Å². The highest BCUT2D eigenvalue weighted by Crippen LogP contribution is 2.45. The number of sulfonamides is 1. The summed E-state index contributed by atoms with van der Waals surface area (Å²) in [5.74, 6) is 0. The normalized spacial score (nSPS) is 23.5. The molecule has 2 aromatic carbocycles. The predicted molar refractivity (Wildman–Crippen MR) is 153 cm³/mol. The molecule has 1 aliphatic heterocycles. The van der Waals surface area contributed by atoms with E-state index in [9.17, 15) is 8.42 Å². The Balaban J connectivity index is 1.92. The summed E-state index contributed by atoms with van der Waals surface area (Å²) in [5, 5.41) is 0.102. The van der Waals surface area contributed by atoms with Crippen molar-refractivity contribution < 1.29 is 17.6 Å². The van der Waals surface area contributed by atoms with Gasteiger partial charge in [-0.05, 0) is 68.6 Å². The van der Waals surface area contributed by atoms with Gasteiger partial charge in [-0.15, -0.1) is 0 Å². The summed E-state index contributed by atoms with van der Waals surface area (Å²) in [4.78, 5) is 4.78. The lowest BCUT2D eigenvalue weighted by molar-refractivity contribution is 0.0381. The van der Waals surface area contributed by atoms with Crippen molar-refractivity contribution in [3.8, 4) is 0 Å². The molecule has 0 aliphatic carbocycles. The molecule has 1 heterocycles. The zero-order valence-corrected chi connectivity index (χ0v) is 26.0. The standard InChI is InChI=1S/C27H39BrN2O4SSi/c1-25(2,3)36(7,8)33-19-18-23(20-12-10-9-11-13-20)29-24-30-35(31,32)27(6,26(4,5)34-24)21-14-16-22(28)17-15-21/h9-17,23H,18-19H2,1-8H3,(H,29,30)/t23-,27?/m0/s1. The molecule has 0 spiro atoms. The van der Waals surface area contributed by atoms with E-state index in [0.717, 1.165) is 10.0 Å². The highest BCUT2D eigenvalue weighted by atomic mass is 79.9. The second kappa shape index (κ2) is 10.2. The van der Waals surface area contributed by atoms with Gasteiger partial charge in [0, 0.05) is 11.1 Å². The molecule has 2 atom stereocenters. The van der Waals surface area contributed by atoms with Crippen LogP contribution < -0.4 is 4.72 Å². The molecule has 0 saturated carbocycles. The number of hydrogen-bond donors (Lipinski definition) is 1. The summed E-state index contributed by atoms with van der Waals surface area (Å²) in [5.41, 5.74) is 0.540. The lowest BCUT2D eigenvalue weighted by atomic mass is 9.85. The Morgan fingerprint density at radius 1 is 1.06 bits per heavy atom. The van der Waals surface area contributed by atoms with Crippen LogP contribution in [0.5, 0.6) is 0 Å². The fourth-order valence-electron chi connectivity index (χ4n) is 3.99. The number of halogens is 1. The summed E-state index contributed by atoms with van der Waals surface area (Å²) in [7, 11) is -5.81. The maximum atomic E-state index is 13.7. The van der Waals surface area contributed by atoms with Crippen molar-refractivity contribution in [2.24, 2.45) is 4.99 Å². The molecule has 0 aromatic heterocycles. The average molecular weight is 596 g/mol. The van der Waals surface area contributed by atoms with E-state index in [0.29, 0.717) is 18.6 Å². The highest BCUT2D eigenvalue weighted by molar-refractivity contribution is 9.10. The quantitative estimate of drug-likeness (QED) is 0.353. The molecule has 36 heavy (non-hydrogen) atoms. The van der Waals surface area contributed by atoms with Gasteiger partial charge in [-0.2, -0.15) is 0 Å². The number of nitrogens with zero attached hydrogens (tertiary/aromatic N) is 1. The molecule has 0 amide bonds. The lowest BCUT2D eigenvalue weighted by Crippen LogP contribution is -2.63. The Labute approximate surface area is 226 Å². The number of ether oxygens (including phenoxy) is 1. The Bertz CT molecular complexity index is 1190. The van der Waals surface area contributed by atoms with E-state index in [1.807, 2.05) is 54.6 Å². The van der Waals surface area contributed by atoms with E-state index in [1.165, 1.54) is 0 Å². The first kappa shape index (κ1) is 28.9. The first-order chi connectivity index (χ1) is 16.5. The average Bonchev–Trinajstić information content (AvgIpc) is 2.76. The second-order valence-corrected chi connectivity index (χ2v) is 19.3. The SMILES string of the molecule is CC1(C)OC(=N[C@@H](CCO[Si](C)(C)C(C)(C)C)c2ccccc2)NS(=O)(=O)C1(C)c1ccc(Br)cc1. The molecule has 1 saturated heterocycles. The topological polar surface area (TPSA) is 77.0 Å². The molecular formula is C27H39BrN2O4SSi. The molecule has 9 heteroatoms. The van der Waals surface area contributed by atoms with Crippen LogP contribution in [-0.4, -0.2) is 35.0 Å². The maximum Gasteiger partial charge on any atom is 0.299 e. The predicted octanol–water partition coefficient (Wildman–Crippen LogP) is 6.90. The van der Waals surface area contributed by atoms with Crippen molar-refractivity contribution in [2.75, 3.05) is 6.61 Å². The molecule has 2 aromatic rings. The Hall–Kier alpha value is -1.68. The Kier molecular flexibility index (Phi) is 8.21. The van der Waals surface area contributed by atoms with E-state index in [2.05, 4.69) is 54.5 Å². The van der Waals surface area contributed by atoms with Gasteiger partial charge in [0.05, 0.1) is 6.04 Å². The molecule has 6 nitrogen and oxygen atoms in total.